The molecule has 0 bridgehead atoms. The molecule has 0 aromatic heterocycles. The summed E-state index contributed by atoms with van der Waals surface area (Å²) in [6.45, 7) is 1.85. The van der Waals surface area contributed by atoms with E-state index in [4.69, 9.17) is 18.0 Å². The van der Waals surface area contributed by atoms with Crippen LogP contribution in [0, 0.1) is 19.3 Å². The van der Waals surface area contributed by atoms with Gasteiger partial charge in [-0.15, -0.1) is 6.42 Å². The lowest BCUT2D eigenvalue weighted by Crippen LogP contribution is -2.09. The van der Waals surface area contributed by atoms with Crippen LogP contribution >= 0.6 is 11.6 Å². The van der Waals surface area contributed by atoms with Gasteiger partial charge in [0.25, 0.3) is 5.91 Å². The van der Waals surface area contributed by atoms with E-state index in [2.05, 4.69) is 5.32 Å². The van der Waals surface area contributed by atoms with Crippen molar-refractivity contribution in [2.45, 2.75) is 6.92 Å². The highest BCUT2D eigenvalue weighted by molar-refractivity contribution is 6.34. The molecule has 2 nitrogen and oxygen atoms in total. The van der Waals surface area contributed by atoms with Crippen molar-refractivity contribution in [2.24, 2.45) is 0 Å². The summed E-state index contributed by atoms with van der Waals surface area (Å²) in [7, 11) is 0. The fraction of sp³-hybridized carbons (Fsp3) is 0.100. The highest BCUT2D eigenvalue weighted by Gasteiger charge is 2.05. The van der Waals surface area contributed by atoms with Gasteiger partial charge in [0, 0.05) is 0 Å². The van der Waals surface area contributed by atoms with Crippen molar-refractivity contribution in [2.75, 3.05) is 5.32 Å². The van der Waals surface area contributed by atoms with Gasteiger partial charge in [-0.25, -0.2) is 0 Å². The number of carbonyl (C=O) groups is 1. The number of anilines is 1. The molecule has 1 amide bonds. The predicted molar refractivity (Wildman–Crippen MR) is 53.7 cm³/mol. The molecule has 3 heteroatoms. The molecule has 0 unspecified atom stereocenters. The number of nitrogens with one attached hydrogen (secondary N) is 1. The highest BCUT2D eigenvalue weighted by Crippen LogP contribution is 2.24. The Bertz CT molecular complexity index is 359. The van der Waals surface area contributed by atoms with Crippen LogP contribution in [0.25, 0.3) is 0 Å². The summed E-state index contributed by atoms with van der Waals surface area (Å²) in [5.41, 5.74) is 1.46. The van der Waals surface area contributed by atoms with E-state index >= 15 is 0 Å². The molecule has 0 fully saturated rings. The normalized spacial score (nSPS) is 9.00. The van der Waals surface area contributed by atoms with Gasteiger partial charge in [0.2, 0.25) is 0 Å². The van der Waals surface area contributed by atoms with Crippen molar-refractivity contribution < 1.29 is 4.79 Å². The van der Waals surface area contributed by atoms with Crippen LogP contribution < -0.4 is 5.32 Å². The van der Waals surface area contributed by atoms with Crippen LogP contribution in [0.1, 0.15) is 5.56 Å². The Morgan fingerprint density at radius 3 is 2.85 bits per heavy atom. The standard InChI is InChI=1S/C10H8ClNO/c1-3-9(13)12-10-7(2)5-4-6-8(10)11/h1,4-6H,2H3,(H,12,13). The van der Waals surface area contributed by atoms with Gasteiger partial charge in [0.05, 0.1) is 10.7 Å². The number of hydrogen-bond donors (Lipinski definition) is 1. The van der Waals surface area contributed by atoms with Crippen LogP contribution in [0.3, 0.4) is 0 Å². The van der Waals surface area contributed by atoms with Gasteiger partial charge in [0.1, 0.15) is 0 Å². The lowest BCUT2D eigenvalue weighted by molar-refractivity contribution is -0.111. The maximum atomic E-state index is 10.9. The smallest absolute Gasteiger partial charge is 0.300 e. The summed E-state index contributed by atoms with van der Waals surface area (Å²) >= 11 is 5.85. The first-order valence-electron chi connectivity index (χ1n) is 3.68. The molecular weight excluding hydrogens is 186 g/mol. The molecule has 0 saturated heterocycles. The number of halogens is 1. The van der Waals surface area contributed by atoms with E-state index in [1.165, 1.54) is 0 Å². The zero-order valence-electron chi connectivity index (χ0n) is 7.10. The number of rotatable bonds is 1. The topological polar surface area (TPSA) is 29.1 Å². The van der Waals surface area contributed by atoms with Crippen molar-refractivity contribution in [1.29, 1.82) is 0 Å². The summed E-state index contributed by atoms with van der Waals surface area (Å²) in [4.78, 5) is 10.9. The van der Waals surface area contributed by atoms with E-state index in [1.807, 2.05) is 25.0 Å². The van der Waals surface area contributed by atoms with Crippen LogP contribution in [0.15, 0.2) is 18.2 Å². The maximum Gasteiger partial charge on any atom is 0.300 e. The quantitative estimate of drug-likeness (QED) is 0.681. The zero-order chi connectivity index (χ0) is 9.84. The summed E-state index contributed by atoms with van der Waals surface area (Å²) in [6.07, 6.45) is 4.91. The molecule has 13 heavy (non-hydrogen) atoms. The highest BCUT2D eigenvalue weighted by atomic mass is 35.5. The molecule has 1 N–H and O–H groups in total. The summed E-state index contributed by atoms with van der Waals surface area (Å²) in [5, 5.41) is 3.01. The first-order chi connectivity index (χ1) is 6.15. The second kappa shape index (κ2) is 3.97. The Morgan fingerprint density at radius 2 is 2.31 bits per heavy atom. The molecular formula is C10H8ClNO. The number of amides is 1. The van der Waals surface area contributed by atoms with Gasteiger partial charge in [0.15, 0.2) is 0 Å². The van der Waals surface area contributed by atoms with Gasteiger partial charge in [-0.2, -0.15) is 0 Å². The minimum absolute atomic E-state index is 0.489. The third-order valence-electron chi connectivity index (χ3n) is 1.59. The third-order valence-corrected chi connectivity index (χ3v) is 1.91. The van der Waals surface area contributed by atoms with E-state index in [1.54, 1.807) is 6.07 Å². The Balaban J connectivity index is 3.01. The molecule has 0 aliphatic heterocycles. The van der Waals surface area contributed by atoms with Crippen molar-refractivity contribution in [3.05, 3.63) is 28.8 Å². The first-order valence-corrected chi connectivity index (χ1v) is 4.05. The van der Waals surface area contributed by atoms with E-state index in [0.717, 1.165) is 5.56 Å². The van der Waals surface area contributed by atoms with Crippen molar-refractivity contribution in [3.8, 4) is 12.3 Å². The lowest BCUT2D eigenvalue weighted by atomic mass is 10.2. The second-order valence-electron chi connectivity index (χ2n) is 2.53. The number of benzene rings is 1. The second-order valence-corrected chi connectivity index (χ2v) is 2.94. The van der Waals surface area contributed by atoms with Crippen molar-refractivity contribution in [1.82, 2.24) is 0 Å². The molecule has 1 rings (SSSR count). The SMILES string of the molecule is C#CC(=O)Nc1c(C)cccc1Cl. The van der Waals surface area contributed by atoms with Gasteiger partial charge in [-0.3, -0.25) is 4.79 Å². The predicted octanol–water partition coefficient (Wildman–Crippen LogP) is 2.22. The van der Waals surface area contributed by atoms with Gasteiger partial charge >= 0.3 is 0 Å². The number of para-hydroxylation sites is 1. The fourth-order valence-corrected chi connectivity index (χ4v) is 1.21. The number of aryl methyl sites for hydroxylation is 1. The van der Waals surface area contributed by atoms with Crippen LogP contribution in [-0.4, -0.2) is 5.91 Å². The average Bonchev–Trinajstić information content (AvgIpc) is 2.11. The minimum Gasteiger partial charge on any atom is -0.314 e. The van der Waals surface area contributed by atoms with Gasteiger partial charge < -0.3 is 5.32 Å². The molecule has 1 aromatic rings. The molecule has 1 aromatic carbocycles. The van der Waals surface area contributed by atoms with Crippen molar-refractivity contribution >= 4 is 23.2 Å². The van der Waals surface area contributed by atoms with Crippen LogP contribution in [0.2, 0.25) is 5.02 Å². The van der Waals surface area contributed by atoms with Crippen LogP contribution in [0.5, 0.6) is 0 Å². The largest absolute Gasteiger partial charge is 0.314 e. The monoisotopic (exact) mass is 193 g/mol. The molecule has 0 heterocycles. The lowest BCUT2D eigenvalue weighted by Gasteiger charge is -2.06. The summed E-state index contributed by atoms with van der Waals surface area (Å²) < 4.78 is 0. The Kier molecular flexibility index (Phi) is 2.94. The first kappa shape index (κ1) is 9.63. The van der Waals surface area contributed by atoms with E-state index in [-0.39, 0.29) is 0 Å². The fourth-order valence-electron chi connectivity index (χ4n) is 0.940. The Hall–Kier alpha value is -1.46. The molecule has 0 aliphatic rings. The number of terminal acetylenes is 1. The Labute approximate surface area is 81.9 Å². The van der Waals surface area contributed by atoms with Gasteiger partial charge in [-0.1, -0.05) is 23.7 Å². The molecule has 66 valence electrons. The number of carbonyl (C=O) groups excluding carboxylic acids is 1. The molecule has 0 radical (unpaired) electrons. The minimum atomic E-state index is -0.490. The molecule has 0 aliphatic carbocycles. The van der Waals surface area contributed by atoms with E-state index < -0.39 is 5.91 Å². The summed E-state index contributed by atoms with van der Waals surface area (Å²) in [6, 6.07) is 5.35. The van der Waals surface area contributed by atoms with Gasteiger partial charge in [-0.05, 0) is 24.5 Å². The Morgan fingerprint density at radius 1 is 1.62 bits per heavy atom. The average molecular weight is 194 g/mol. The molecule has 0 spiro atoms. The maximum absolute atomic E-state index is 10.9. The number of hydrogen-bond acceptors (Lipinski definition) is 1. The van der Waals surface area contributed by atoms with E-state index in [9.17, 15) is 4.79 Å². The van der Waals surface area contributed by atoms with Crippen molar-refractivity contribution in [3.63, 3.8) is 0 Å². The van der Waals surface area contributed by atoms with Crippen LogP contribution in [0.4, 0.5) is 5.69 Å². The van der Waals surface area contributed by atoms with Crippen LogP contribution in [-0.2, 0) is 4.79 Å². The van der Waals surface area contributed by atoms with E-state index in [0.29, 0.717) is 10.7 Å². The summed E-state index contributed by atoms with van der Waals surface area (Å²) in [5.74, 6) is 1.47. The molecule has 0 saturated carbocycles. The third kappa shape index (κ3) is 2.24. The zero-order valence-corrected chi connectivity index (χ0v) is 7.85. The molecule has 0 atom stereocenters.